The van der Waals surface area contributed by atoms with Crippen molar-refractivity contribution in [2.24, 2.45) is 0 Å². The zero-order valence-corrected chi connectivity index (χ0v) is 19.4. The van der Waals surface area contributed by atoms with Crippen LogP contribution in [-0.2, 0) is 24.3 Å². The van der Waals surface area contributed by atoms with Crippen molar-refractivity contribution in [2.45, 2.75) is 26.3 Å². The average Bonchev–Trinajstić information content (AvgIpc) is 2.76. The van der Waals surface area contributed by atoms with Gasteiger partial charge in [-0.25, -0.2) is 18.0 Å². The average molecular weight is 463 g/mol. The molecule has 0 radical (unpaired) electrons. The highest BCUT2D eigenvalue weighted by Crippen LogP contribution is 2.25. The van der Waals surface area contributed by atoms with Gasteiger partial charge in [0.1, 0.15) is 6.04 Å². The molecule has 2 aromatic rings. The number of hydrogen-bond acceptors (Lipinski definition) is 7. The van der Waals surface area contributed by atoms with Crippen molar-refractivity contribution >= 4 is 39.2 Å². The minimum Gasteiger partial charge on any atom is -0.465 e. The molecule has 9 nitrogen and oxygen atoms in total. The summed E-state index contributed by atoms with van der Waals surface area (Å²) in [5.41, 5.74) is 1.37. The first-order chi connectivity index (χ1) is 15.0. The number of hydrogen-bond donors (Lipinski definition) is 1. The Morgan fingerprint density at radius 2 is 1.59 bits per heavy atom. The van der Waals surface area contributed by atoms with Crippen molar-refractivity contribution < 1.29 is 32.3 Å². The molecule has 0 fully saturated rings. The Balaban J connectivity index is 2.50. The molecule has 0 heterocycles. The number of methoxy groups -OCH3 is 2. The van der Waals surface area contributed by atoms with Crippen LogP contribution in [0.15, 0.2) is 42.5 Å². The van der Waals surface area contributed by atoms with Gasteiger partial charge in [-0.15, -0.1) is 0 Å². The molecule has 1 N–H and O–H groups in total. The Morgan fingerprint density at radius 3 is 2.09 bits per heavy atom. The largest absolute Gasteiger partial charge is 0.465 e. The first-order valence-corrected chi connectivity index (χ1v) is 11.6. The second kappa shape index (κ2) is 10.3. The minimum absolute atomic E-state index is 0.000516. The van der Waals surface area contributed by atoms with E-state index in [2.05, 4.69) is 10.1 Å². The highest BCUT2D eigenvalue weighted by Gasteiger charge is 2.32. The van der Waals surface area contributed by atoms with E-state index in [9.17, 15) is 22.8 Å². The summed E-state index contributed by atoms with van der Waals surface area (Å²) in [7, 11) is -1.45. The molecule has 2 rings (SSSR count). The zero-order chi connectivity index (χ0) is 24.1. The summed E-state index contributed by atoms with van der Waals surface area (Å²) in [6.45, 7) is 3.53. The Bertz CT molecular complexity index is 1110. The Labute approximate surface area is 187 Å². The Kier molecular flexibility index (Phi) is 7.98. The van der Waals surface area contributed by atoms with Gasteiger partial charge in [-0.2, -0.15) is 0 Å². The van der Waals surface area contributed by atoms with Gasteiger partial charge in [0.25, 0.3) is 0 Å². The maximum atomic E-state index is 13.2. The number of carbonyl (C=O) groups is 3. The Morgan fingerprint density at radius 1 is 1.00 bits per heavy atom. The summed E-state index contributed by atoms with van der Waals surface area (Å²) in [5, 5.41) is 2.58. The van der Waals surface area contributed by atoms with Gasteiger partial charge in [0.15, 0.2) is 0 Å². The fourth-order valence-electron chi connectivity index (χ4n) is 3.15. The van der Waals surface area contributed by atoms with E-state index in [-0.39, 0.29) is 23.2 Å². The molecule has 0 spiro atoms. The molecule has 10 heteroatoms. The topological polar surface area (TPSA) is 119 Å². The lowest BCUT2D eigenvalue weighted by Crippen LogP contribution is -2.47. The van der Waals surface area contributed by atoms with Crippen LogP contribution in [0.4, 0.5) is 11.4 Å². The molecule has 0 saturated carbocycles. The predicted molar refractivity (Wildman–Crippen MR) is 120 cm³/mol. The lowest BCUT2D eigenvalue weighted by Gasteiger charge is -2.30. The second-order valence-electron chi connectivity index (χ2n) is 7.05. The van der Waals surface area contributed by atoms with Crippen LogP contribution >= 0.6 is 0 Å². The summed E-state index contributed by atoms with van der Waals surface area (Å²) in [4.78, 5) is 37.3. The van der Waals surface area contributed by atoms with Crippen LogP contribution in [0.3, 0.4) is 0 Å². The molecule has 172 valence electrons. The van der Waals surface area contributed by atoms with Gasteiger partial charge in [-0.1, -0.05) is 24.6 Å². The highest BCUT2D eigenvalue weighted by atomic mass is 32.2. The number of amides is 1. The van der Waals surface area contributed by atoms with Crippen molar-refractivity contribution in [1.29, 1.82) is 0 Å². The summed E-state index contributed by atoms with van der Waals surface area (Å²) in [5.74, 6) is -2.07. The molecule has 0 aromatic heterocycles. The van der Waals surface area contributed by atoms with Gasteiger partial charge in [0.05, 0.1) is 43.0 Å². The maximum absolute atomic E-state index is 13.2. The van der Waals surface area contributed by atoms with E-state index in [1.807, 2.05) is 6.92 Å². The number of anilines is 2. The molecule has 0 aliphatic carbocycles. The fourth-order valence-corrected chi connectivity index (χ4v) is 4.36. The van der Waals surface area contributed by atoms with E-state index in [1.54, 1.807) is 31.2 Å². The van der Waals surface area contributed by atoms with Crippen molar-refractivity contribution in [3.8, 4) is 0 Å². The summed E-state index contributed by atoms with van der Waals surface area (Å²) in [6.07, 6.45) is 1.16. The van der Waals surface area contributed by atoms with E-state index in [4.69, 9.17) is 4.74 Å². The maximum Gasteiger partial charge on any atom is 0.339 e. The third-order valence-electron chi connectivity index (χ3n) is 4.72. The first-order valence-electron chi connectivity index (χ1n) is 9.71. The molecule has 1 amide bonds. The number of esters is 2. The van der Waals surface area contributed by atoms with E-state index in [0.29, 0.717) is 5.69 Å². The number of benzene rings is 2. The quantitative estimate of drug-likeness (QED) is 0.599. The fraction of sp³-hybridized carbons (Fsp3) is 0.318. The lowest BCUT2D eigenvalue weighted by atomic mass is 10.1. The van der Waals surface area contributed by atoms with Crippen LogP contribution in [0.2, 0.25) is 0 Å². The molecule has 32 heavy (non-hydrogen) atoms. The number of sulfonamides is 1. The first kappa shape index (κ1) is 24.9. The van der Waals surface area contributed by atoms with Crippen LogP contribution < -0.4 is 9.62 Å². The van der Waals surface area contributed by atoms with Crippen LogP contribution in [-0.4, -0.2) is 52.8 Å². The van der Waals surface area contributed by atoms with E-state index < -0.39 is 33.9 Å². The number of ether oxygens (including phenoxy) is 2. The molecule has 2 aromatic carbocycles. The van der Waals surface area contributed by atoms with Gasteiger partial charge in [0.2, 0.25) is 15.9 Å². The number of nitrogens with one attached hydrogen (secondary N) is 1. The number of rotatable bonds is 8. The smallest absolute Gasteiger partial charge is 0.339 e. The van der Waals surface area contributed by atoms with Crippen LogP contribution in [0, 0.1) is 6.92 Å². The van der Waals surface area contributed by atoms with Gasteiger partial charge in [-0.3, -0.25) is 9.10 Å². The second-order valence-corrected chi connectivity index (χ2v) is 8.91. The molecule has 0 aliphatic rings. The minimum atomic E-state index is -3.83. The predicted octanol–water partition coefficient (Wildman–Crippen LogP) is 2.75. The van der Waals surface area contributed by atoms with Crippen LogP contribution in [0.1, 0.15) is 39.6 Å². The van der Waals surface area contributed by atoms with Crippen molar-refractivity contribution in [3.63, 3.8) is 0 Å². The molecule has 1 atom stereocenters. The molecule has 0 bridgehead atoms. The molecular formula is C22H26N2O7S. The SMILES string of the molecule is CC[C@H](C(=O)Nc1cc(C(=O)OC)ccc1C(=O)OC)N(c1ccc(C)cc1)S(C)(=O)=O. The van der Waals surface area contributed by atoms with Gasteiger partial charge in [0, 0.05) is 0 Å². The number of carbonyl (C=O) groups excluding carboxylic acids is 3. The van der Waals surface area contributed by atoms with Gasteiger partial charge in [-0.05, 0) is 43.7 Å². The summed E-state index contributed by atoms with van der Waals surface area (Å²) >= 11 is 0. The normalized spacial score (nSPS) is 11.9. The molecule has 0 unspecified atom stereocenters. The van der Waals surface area contributed by atoms with Gasteiger partial charge >= 0.3 is 11.9 Å². The van der Waals surface area contributed by atoms with E-state index in [0.717, 1.165) is 16.1 Å². The van der Waals surface area contributed by atoms with Crippen molar-refractivity contribution in [1.82, 2.24) is 0 Å². The van der Waals surface area contributed by atoms with Crippen molar-refractivity contribution in [2.75, 3.05) is 30.1 Å². The number of nitrogens with zero attached hydrogens (tertiary/aromatic N) is 1. The third kappa shape index (κ3) is 5.64. The Hall–Kier alpha value is -3.40. The van der Waals surface area contributed by atoms with Crippen molar-refractivity contribution in [3.05, 3.63) is 59.2 Å². The molecular weight excluding hydrogens is 436 g/mol. The number of aryl methyl sites for hydroxylation is 1. The lowest BCUT2D eigenvalue weighted by molar-refractivity contribution is -0.117. The standard InChI is InChI=1S/C22H26N2O7S/c1-6-19(24(32(5,28)29)16-10-7-14(2)8-11-16)20(25)23-18-13-15(21(26)30-3)9-12-17(18)22(27)31-4/h7-13,19H,6H2,1-5H3,(H,23,25)/t19-/m1/s1. The van der Waals surface area contributed by atoms with Crippen LogP contribution in [0.25, 0.3) is 0 Å². The third-order valence-corrected chi connectivity index (χ3v) is 5.90. The van der Waals surface area contributed by atoms with E-state index in [1.165, 1.54) is 32.4 Å². The van der Waals surface area contributed by atoms with Gasteiger partial charge < -0.3 is 14.8 Å². The molecule has 0 saturated heterocycles. The summed E-state index contributed by atoms with van der Waals surface area (Å²) in [6, 6.07) is 9.57. The van der Waals surface area contributed by atoms with Crippen LogP contribution in [0.5, 0.6) is 0 Å². The summed E-state index contributed by atoms with van der Waals surface area (Å²) < 4.78 is 35.6. The zero-order valence-electron chi connectivity index (χ0n) is 18.5. The van der Waals surface area contributed by atoms with E-state index >= 15 is 0 Å². The molecule has 0 aliphatic heterocycles. The highest BCUT2D eigenvalue weighted by molar-refractivity contribution is 7.92. The monoisotopic (exact) mass is 462 g/mol.